The molecule has 0 bridgehead atoms. The number of anilines is 1. The molecule has 0 unspecified atom stereocenters. The number of nitrogens with one attached hydrogen (secondary N) is 2. The first-order valence-electron chi connectivity index (χ1n) is 6.95. The van der Waals surface area contributed by atoms with Crippen LogP contribution in [0.25, 0.3) is 0 Å². The molecule has 1 fully saturated rings. The molecule has 1 aliphatic heterocycles. The van der Waals surface area contributed by atoms with Gasteiger partial charge in [-0.05, 0) is 30.5 Å². The summed E-state index contributed by atoms with van der Waals surface area (Å²) in [5.41, 5.74) is 2.67. The number of aromatic amines is 1. The van der Waals surface area contributed by atoms with Crippen molar-refractivity contribution in [3.8, 4) is 0 Å². The molecule has 0 atom stereocenters. The van der Waals surface area contributed by atoms with E-state index in [1.54, 1.807) is 6.20 Å². The fraction of sp³-hybridized carbons (Fsp3) is 0.400. The number of hydrogen-bond donors (Lipinski definition) is 2. The van der Waals surface area contributed by atoms with E-state index < -0.39 is 0 Å². The Morgan fingerprint density at radius 1 is 1.11 bits per heavy atom. The van der Waals surface area contributed by atoms with Crippen LogP contribution < -0.4 is 10.2 Å². The lowest BCUT2D eigenvalue weighted by Crippen LogP contribution is -2.17. The van der Waals surface area contributed by atoms with Gasteiger partial charge in [0.05, 0.1) is 6.54 Å². The number of nitrogens with zero attached hydrogens (tertiary/aromatic N) is 2. The fourth-order valence-corrected chi connectivity index (χ4v) is 2.52. The maximum atomic E-state index is 4.19. The molecule has 19 heavy (non-hydrogen) atoms. The average molecular weight is 256 g/mol. The minimum absolute atomic E-state index is 0.779. The molecule has 2 aromatic rings. The third kappa shape index (κ3) is 3.15. The molecule has 1 aromatic heterocycles. The van der Waals surface area contributed by atoms with Crippen LogP contribution in [0.3, 0.4) is 0 Å². The molecule has 4 nitrogen and oxygen atoms in total. The number of aromatic nitrogens is 2. The Kier molecular flexibility index (Phi) is 3.79. The van der Waals surface area contributed by atoms with Crippen molar-refractivity contribution in [2.75, 3.05) is 18.0 Å². The van der Waals surface area contributed by atoms with Gasteiger partial charge >= 0.3 is 0 Å². The molecule has 2 heterocycles. The second kappa shape index (κ2) is 5.89. The summed E-state index contributed by atoms with van der Waals surface area (Å²) in [6.45, 7) is 4.06. The van der Waals surface area contributed by atoms with Crippen LogP contribution in [0.15, 0.2) is 36.7 Å². The van der Waals surface area contributed by atoms with Gasteiger partial charge in [-0.15, -0.1) is 0 Å². The minimum Gasteiger partial charge on any atom is -0.372 e. The van der Waals surface area contributed by atoms with E-state index in [2.05, 4.69) is 44.5 Å². The summed E-state index contributed by atoms with van der Waals surface area (Å²) < 4.78 is 0. The maximum Gasteiger partial charge on any atom is 0.120 e. The molecular formula is C15H20N4. The predicted octanol–water partition coefficient (Wildman–Crippen LogP) is 2.30. The molecule has 100 valence electrons. The van der Waals surface area contributed by atoms with Crippen LogP contribution in [0, 0.1) is 0 Å². The number of hydrogen-bond acceptors (Lipinski definition) is 3. The van der Waals surface area contributed by atoms with Gasteiger partial charge in [0, 0.05) is 37.7 Å². The Hall–Kier alpha value is -1.81. The zero-order chi connectivity index (χ0) is 12.9. The Labute approximate surface area is 113 Å². The van der Waals surface area contributed by atoms with Gasteiger partial charge in [0.1, 0.15) is 5.82 Å². The summed E-state index contributed by atoms with van der Waals surface area (Å²) in [6.07, 6.45) is 6.28. The van der Waals surface area contributed by atoms with Crippen molar-refractivity contribution in [1.82, 2.24) is 15.3 Å². The molecule has 0 radical (unpaired) electrons. The molecule has 2 N–H and O–H groups in total. The number of benzene rings is 1. The molecule has 0 saturated carbocycles. The molecule has 1 aromatic carbocycles. The van der Waals surface area contributed by atoms with Gasteiger partial charge in [-0.2, -0.15) is 0 Å². The number of rotatable bonds is 5. The highest BCUT2D eigenvalue weighted by Gasteiger charge is 2.11. The van der Waals surface area contributed by atoms with E-state index >= 15 is 0 Å². The van der Waals surface area contributed by atoms with E-state index in [9.17, 15) is 0 Å². The van der Waals surface area contributed by atoms with Crippen LogP contribution in [-0.4, -0.2) is 23.1 Å². The van der Waals surface area contributed by atoms with Gasteiger partial charge in [-0.25, -0.2) is 4.98 Å². The molecular weight excluding hydrogens is 236 g/mol. The first kappa shape index (κ1) is 12.2. The summed E-state index contributed by atoms with van der Waals surface area (Å²) >= 11 is 0. The molecule has 1 saturated heterocycles. The fourth-order valence-electron chi connectivity index (χ4n) is 2.52. The zero-order valence-electron chi connectivity index (χ0n) is 11.1. The van der Waals surface area contributed by atoms with Gasteiger partial charge in [0.2, 0.25) is 0 Å². The molecule has 0 amide bonds. The van der Waals surface area contributed by atoms with E-state index in [1.807, 2.05) is 6.20 Å². The largest absolute Gasteiger partial charge is 0.372 e. The van der Waals surface area contributed by atoms with E-state index in [1.165, 1.54) is 37.2 Å². The average Bonchev–Trinajstić information content (AvgIpc) is 3.13. The summed E-state index contributed by atoms with van der Waals surface area (Å²) in [4.78, 5) is 9.74. The van der Waals surface area contributed by atoms with Gasteiger partial charge < -0.3 is 15.2 Å². The lowest BCUT2D eigenvalue weighted by Gasteiger charge is -2.17. The van der Waals surface area contributed by atoms with Crippen LogP contribution in [0.4, 0.5) is 5.69 Å². The van der Waals surface area contributed by atoms with E-state index in [-0.39, 0.29) is 0 Å². The predicted molar refractivity (Wildman–Crippen MR) is 77.0 cm³/mol. The second-order valence-electron chi connectivity index (χ2n) is 5.00. The Morgan fingerprint density at radius 2 is 1.89 bits per heavy atom. The molecule has 4 heteroatoms. The Bertz CT molecular complexity index is 483. The van der Waals surface area contributed by atoms with Crippen molar-refractivity contribution in [1.29, 1.82) is 0 Å². The van der Waals surface area contributed by atoms with Gasteiger partial charge in [0.25, 0.3) is 0 Å². The second-order valence-corrected chi connectivity index (χ2v) is 5.00. The molecule has 3 rings (SSSR count). The van der Waals surface area contributed by atoms with Crippen LogP contribution in [0.2, 0.25) is 0 Å². The first-order chi connectivity index (χ1) is 9.42. The summed E-state index contributed by atoms with van der Waals surface area (Å²) in [7, 11) is 0. The smallest absolute Gasteiger partial charge is 0.120 e. The van der Waals surface area contributed by atoms with Crippen LogP contribution in [0.1, 0.15) is 24.2 Å². The van der Waals surface area contributed by atoms with Crippen molar-refractivity contribution >= 4 is 5.69 Å². The summed E-state index contributed by atoms with van der Waals surface area (Å²) in [5.74, 6) is 0.980. The first-order valence-corrected chi connectivity index (χ1v) is 6.95. The summed E-state index contributed by atoms with van der Waals surface area (Å²) in [5, 5.41) is 3.39. The number of imidazole rings is 1. The van der Waals surface area contributed by atoms with Gasteiger partial charge in [0.15, 0.2) is 0 Å². The summed E-state index contributed by atoms with van der Waals surface area (Å²) in [6, 6.07) is 8.88. The van der Waals surface area contributed by atoms with Gasteiger partial charge in [-0.3, -0.25) is 0 Å². The highest BCUT2D eigenvalue weighted by atomic mass is 15.1. The lowest BCUT2D eigenvalue weighted by atomic mass is 10.2. The monoisotopic (exact) mass is 256 g/mol. The number of H-pyrrole nitrogens is 1. The van der Waals surface area contributed by atoms with Crippen molar-refractivity contribution in [2.24, 2.45) is 0 Å². The van der Waals surface area contributed by atoms with Crippen molar-refractivity contribution < 1.29 is 0 Å². The SMILES string of the molecule is c1c[nH]c(CNCc2ccc(N3CCCC3)cc2)n1. The molecule has 0 aliphatic carbocycles. The van der Waals surface area contributed by atoms with E-state index in [0.29, 0.717) is 0 Å². The van der Waals surface area contributed by atoms with Crippen LogP contribution in [0.5, 0.6) is 0 Å². The highest BCUT2D eigenvalue weighted by molar-refractivity contribution is 5.48. The molecule has 0 spiro atoms. The Balaban J connectivity index is 1.51. The topological polar surface area (TPSA) is 44.0 Å². The third-order valence-electron chi connectivity index (χ3n) is 3.58. The van der Waals surface area contributed by atoms with E-state index in [0.717, 1.165) is 18.9 Å². The standard InChI is InChI=1S/C15H20N4/c1-2-10-19(9-1)14-5-3-13(4-6-14)11-16-12-15-17-7-8-18-15/h3-8,16H,1-2,9-12H2,(H,17,18). The quantitative estimate of drug-likeness (QED) is 0.862. The lowest BCUT2D eigenvalue weighted by molar-refractivity contribution is 0.669. The zero-order valence-corrected chi connectivity index (χ0v) is 11.1. The van der Waals surface area contributed by atoms with Crippen LogP contribution >= 0.6 is 0 Å². The van der Waals surface area contributed by atoms with Crippen molar-refractivity contribution in [3.05, 3.63) is 48.0 Å². The van der Waals surface area contributed by atoms with E-state index in [4.69, 9.17) is 0 Å². The Morgan fingerprint density at radius 3 is 2.58 bits per heavy atom. The van der Waals surface area contributed by atoms with Crippen molar-refractivity contribution in [3.63, 3.8) is 0 Å². The van der Waals surface area contributed by atoms with Crippen molar-refractivity contribution in [2.45, 2.75) is 25.9 Å². The third-order valence-corrected chi connectivity index (χ3v) is 3.58. The molecule has 1 aliphatic rings. The normalized spacial score (nSPS) is 15.1. The highest BCUT2D eigenvalue weighted by Crippen LogP contribution is 2.20. The maximum absolute atomic E-state index is 4.19. The van der Waals surface area contributed by atoms with Gasteiger partial charge in [-0.1, -0.05) is 12.1 Å². The minimum atomic E-state index is 0.779. The van der Waals surface area contributed by atoms with Crippen LogP contribution in [-0.2, 0) is 13.1 Å².